The zero-order valence-corrected chi connectivity index (χ0v) is 8.42. The van der Waals surface area contributed by atoms with Gasteiger partial charge in [-0.15, -0.1) is 0 Å². The third kappa shape index (κ3) is 4.04. The second kappa shape index (κ2) is 5.70. The van der Waals surface area contributed by atoms with Crippen LogP contribution in [0.4, 0.5) is 0 Å². The van der Waals surface area contributed by atoms with Crippen LogP contribution in [-0.2, 0) is 11.3 Å². The Kier molecular flexibility index (Phi) is 4.47. The molecule has 13 heavy (non-hydrogen) atoms. The van der Waals surface area contributed by atoms with Crippen LogP contribution in [-0.4, -0.2) is 11.6 Å². The number of nitrogens with zero attached hydrogens (tertiary/aromatic N) is 1. The first-order valence-electron chi connectivity index (χ1n) is 4.83. The molecular formula is C11H17NO. The van der Waals surface area contributed by atoms with E-state index in [4.69, 9.17) is 4.74 Å². The van der Waals surface area contributed by atoms with Crippen molar-refractivity contribution in [3.63, 3.8) is 0 Å². The number of aromatic nitrogens is 1. The van der Waals surface area contributed by atoms with Crippen molar-refractivity contribution in [2.45, 2.75) is 33.3 Å². The molecule has 0 radical (unpaired) electrons. The minimum Gasteiger partial charge on any atom is -0.375 e. The summed E-state index contributed by atoms with van der Waals surface area (Å²) in [6.45, 7) is 5.64. The van der Waals surface area contributed by atoms with Gasteiger partial charge in [0, 0.05) is 12.3 Å². The molecule has 0 N–H and O–H groups in total. The summed E-state index contributed by atoms with van der Waals surface area (Å²) in [4.78, 5) is 4.35. The molecule has 1 aromatic rings. The SMILES string of the molecule is CCCCOCc1cccc(C)n1. The Hall–Kier alpha value is -0.890. The second-order valence-corrected chi connectivity index (χ2v) is 3.18. The van der Waals surface area contributed by atoms with Gasteiger partial charge in [0.05, 0.1) is 12.3 Å². The average Bonchev–Trinajstić information content (AvgIpc) is 2.13. The second-order valence-electron chi connectivity index (χ2n) is 3.18. The van der Waals surface area contributed by atoms with Gasteiger partial charge in [0.1, 0.15) is 0 Å². The average molecular weight is 179 g/mol. The van der Waals surface area contributed by atoms with E-state index in [2.05, 4.69) is 11.9 Å². The molecule has 0 amide bonds. The van der Waals surface area contributed by atoms with Crippen LogP contribution in [0.3, 0.4) is 0 Å². The van der Waals surface area contributed by atoms with E-state index in [1.807, 2.05) is 25.1 Å². The fraction of sp³-hybridized carbons (Fsp3) is 0.545. The number of aryl methyl sites for hydroxylation is 1. The van der Waals surface area contributed by atoms with Crippen LogP contribution >= 0.6 is 0 Å². The summed E-state index contributed by atoms with van der Waals surface area (Å²) >= 11 is 0. The summed E-state index contributed by atoms with van der Waals surface area (Å²) in [6, 6.07) is 6.01. The maximum atomic E-state index is 5.45. The molecule has 0 spiro atoms. The van der Waals surface area contributed by atoms with Gasteiger partial charge < -0.3 is 4.74 Å². The van der Waals surface area contributed by atoms with Crippen LogP contribution < -0.4 is 0 Å². The van der Waals surface area contributed by atoms with Gasteiger partial charge >= 0.3 is 0 Å². The first-order chi connectivity index (χ1) is 6.33. The van der Waals surface area contributed by atoms with Crippen LogP contribution in [0.25, 0.3) is 0 Å². The van der Waals surface area contributed by atoms with Gasteiger partial charge in [0.2, 0.25) is 0 Å². The Morgan fingerprint density at radius 2 is 2.23 bits per heavy atom. The Labute approximate surface area is 80.0 Å². The lowest BCUT2D eigenvalue weighted by Gasteiger charge is -2.02. The number of ether oxygens (including phenoxy) is 1. The molecular weight excluding hydrogens is 162 g/mol. The summed E-state index contributed by atoms with van der Waals surface area (Å²) in [5, 5.41) is 0. The normalized spacial score (nSPS) is 10.3. The minimum atomic E-state index is 0.641. The van der Waals surface area contributed by atoms with Crippen LogP contribution in [0, 0.1) is 6.92 Å². The van der Waals surface area contributed by atoms with Gasteiger partial charge in [-0.2, -0.15) is 0 Å². The molecule has 2 heteroatoms. The molecule has 72 valence electrons. The largest absolute Gasteiger partial charge is 0.375 e. The Morgan fingerprint density at radius 1 is 1.38 bits per heavy atom. The fourth-order valence-electron chi connectivity index (χ4n) is 1.10. The van der Waals surface area contributed by atoms with E-state index in [1.165, 1.54) is 6.42 Å². The van der Waals surface area contributed by atoms with E-state index in [9.17, 15) is 0 Å². The molecule has 0 aromatic carbocycles. The van der Waals surface area contributed by atoms with Gasteiger partial charge in [-0.1, -0.05) is 19.4 Å². The Balaban J connectivity index is 2.28. The highest BCUT2D eigenvalue weighted by Gasteiger charge is 1.94. The van der Waals surface area contributed by atoms with Gasteiger partial charge in [0.25, 0.3) is 0 Å². The lowest BCUT2D eigenvalue weighted by atomic mass is 10.3. The molecule has 0 aliphatic rings. The third-order valence-electron chi connectivity index (χ3n) is 1.84. The minimum absolute atomic E-state index is 0.641. The Morgan fingerprint density at radius 3 is 2.92 bits per heavy atom. The summed E-state index contributed by atoms with van der Waals surface area (Å²) in [5.74, 6) is 0. The third-order valence-corrected chi connectivity index (χ3v) is 1.84. The molecule has 0 aliphatic heterocycles. The van der Waals surface area contributed by atoms with Crippen LogP contribution in [0.15, 0.2) is 18.2 Å². The molecule has 1 aromatic heterocycles. The zero-order valence-electron chi connectivity index (χ0n) is 8.42. The Bertz CT molecular complexity index is 248. The standard InChI is InChI=1S/C11H17NO/c1-3-4-8-13-9-11-7-5-6-10(2)12-11/h5-7H,3-4,8-9H2,1-2H3. The van der Waals surface area contributed by atoms with Crippen LogP contribution in [0.5, 0.6) is 0 Å². The van der Waals surface area contributed by atoms with Crippen molar-refractivity contribution in [2.75, 3.05) is 6.61 Å². The van der Waals surface area contributed by atoms with Crippen molar-refractivity contribution in [3.05, 3.63) is 29.6 Å². The van der Waals surface area contributed by atoms with E-state index in [1.54, 1.807) is 0 Å². The number of hydrogen-bond donors (Lipinski definition) is 0. The summed E-state index contributed by atoms with van der Waals surface area (Å²) < 4.78 is 5.45. The van der Waals surface area contributed by atoms with Crippen molar-refractivity contribution >= 4 is 0 Å². The lowest BCUT2D eigenvalue weighted by molar-refractivity contribution is 0.115. The van der Waals surface area contributed by atoms with Crippen molar-refractivity contribution in [2.24, 2.45) is 0 Å². The predicted molar refractivity (Wildman–Crippen MR) is 53.5 cm³/mol. The molecule has 1 heterocycles. The first kappa shape index (κ1) is 10.2. The number of rotatable bonds is 5. The molecule has 0 saturated heterocycles. The maximum absolute atomic E-state index is 5.45. The molecule has 0 aliphatic carbocycles. The molecule has 0 saturated carbocycles. The van der Waals surface area contributed by atoms with Crippen molar-refractivity contribution in [1.82, 2.24) is 4.98 Å². The molecule has 0 atom stereocenters. The van der Waals surface area contributed by atoms with Crippen LogP contribution in [0.2, 0.25) is 0 Å². The van der Waals surface area contributed by atoms with E-state index in [0.717, 1.165) is 24.4 Å². The molecule has 0 fully saturated rings. The highest BCUT2D eigenvalue weighted by molar-refractivity contribution is 5.08. The highest BCUT2D eigenvalue weighted by atomic mass is 16.5. The zero-order chi connectivity index (χ0) is 9.52. The summed E-state index contributed by atoms with van der Waals surface area (Å²) in [5.41, 5.74) is 2.08. The van der Waals surface area contributed by atoms with E-state index < -0.39 is 0 Å². The predicted octanol–water partition coefficient (Wildman–Crippen LogP) is 2.71. The highest BCUT2D eigenvalue weighted by Crippen LogP contribution is 2.00. The molecule has 0 bridgehead atoms. The summed E-state index contributed by atoms with van der Waals surface area (Å²) in [7, 11) is 0. The van der Waals surface area contributed by atoms with E-state index in [-0.39, 0.29) is 0 Å². The smallest absolute Gasteiger partial charge is 0.0887 e. The van der Waals surface area contributed by atoms with Gasteiger partial charge in [-0.05, 0) is 25.5 Å². The van der Waals surface area contributed by atoms with Crippen molar-refractivity contribution in [1.29, 1.82) is 0 Å². The number of pyridine rings is 1. The topological polar surface area (TPSA) is 22.1 Å². The lowest BCUT2D eigenvalue weighted by Crippen LogP contribution is -1.97. The monoisotopic (exact) mass is 179 g/mol. The van der Waals surface area contributed by atoms with Crippen LogP contribution in [0.1, 0.15) is 31.2 Å². The van der Waals surface area contributed by atoms with E-state index in [0.29, 0.717) is 6.61 Å². The molecule has 2 nitrogen and oxygen atoms in total. The first-order valence-corrected chi connectivity index (χ1v) is 4.83. The van der Waals surface area contributed by atoms with E-state index >= 15 is 0 Å². The molecule has 0 unspecified atom stereocenters. The molecule has 1 rings (SSSR count). The van der Waals surface area contributed by atoms with Gasteiger partial charge in [-0.3, -0.25) is 4.98 Å². The number of unbranched alkanes of at least 4 members (excludes halogenated alkanes) is 1. The van der Waals surface area contributed by atoms with Crippen molar-refractivity contribution < 1.29 is 4.74 Å². The quantitative estimate of drug-likeness (QED) is 0.648. The van der Waals surface area contributed by atoms with Crippen molar-refractivity contribution in [3.8, 4) is 0 Å². The summed E-state index contributed by atoms with van der Waals surface area (Å²) in [6.07, 6.45) is 2.31. The fourth-order valence-corrected chi connectivity index (χ4v) is 1.10. The van der Waals surface area contributed by atoms with Gasteiger partial charge in [0.15, 0.2) is 0 Å². The van der Waals surface area contributed by atoms with Gasteiger partial charge in [-0.25, -0.2) is 0 Å². The maximum Gasteiger partial charge on any atom is 0.0887 e. The number of hydrogen-bond acceptors (Lipinski definition) is 2.